The number of hydrogen-bond acceptors (Lipinski definition) is 5. The molecule has 3 saturated carbocycles. The van der Waals surface area contributed by atoms with Crippen molar-refractivity contribution in [2.75, 3.05) is 13.7 Å². The van der Waals surface area contributed by atoms with E-state index >= 15 is 0 Å². The Morgan fingerprint density at radius 1 is 1.19 bits per heavy atom. The van der Waals surface area contributed by atoms with E-state index in [1.54, 1.807) is 12.2 Å². The Hall–Kier alpha value is -1.85. The minimum Gasteiger partial charge on any atom is -0.388 e. The lowest BCUT2D eigenvalue weighted by Gasteiger charge is -2.64. The van der Waals surface area contributed by atoms with Crippen LogP contribution in [0.1, 0.15) is 59.8 Å². The maximum Gasteiger partial charge on any atom is 0.190 e. The van der Waals surface area contributed by atoms with Gasteiger partial charge in [0.25, 0.3) is 0 Å². The summed E-state index contributed by atoms with van der Waals surface area (Å²) in [4.78, 5) is 39.4. The smallest absolute Gasteiger partial charge is 0.190 e. The number of aliphatic hydroxyl groups excluding tert-OH is 1. The van der Waals surface area contributed by atoms with Crippen LogP contribution in [-0.2, 0) is 19.1 Å². The van der Waals surface area contributed by atoms with Crippen LogP contribution >= 0.6 is 0 Å². The van der Waals surface area contributed by atoms with Crippen LogP contribution in [0.2, 0.25) is 0 Å². The molecule has 0 amide bonds. The molecule has 0 bridgehead atoms. The Kier molecular flexibility index (Phi) is 4.74. The van der Waals surface area contributed by atoms with Crippen LogP contribution in [0.25, 0.3) is 0 Å². The predicted octanol–water partition coefficient (Wildman–Crippen LogP) is 3.76. The fourth-order valence-electron chi connectivity index (χ4n) is 8.03. The number of carbonyl (C=O) groups excluding carboxylic acids is 3. The Bertz CT molecular complexity index is 959. The Morgan fingerprint density at radius 2 is 1.87 bits per heavy atom. The molecule has 4 rings (SSSR count). The number of methoxy groups -OCH3 is 1. The molecule has 5 heteroatoms. The van der Waals surface area contributed by atoms with Crippen molar-refractivity contribution in [3.05, 3.63) is 36.0 Å². The molecule has 3 fully saturated rings. The van der Waals surface area contributed by atoms with Crippen LogP contribution in [0.15, 0.2) is 36.0 Å². The number of fused-ring (bicyclic) bond motifs is 5. The molecule has 31 heavy (non-hydrogen) atoms. The van der Waals surface area contributed by atoms with Crippen molar-refractivity contribution in [2.45, 2.75) is 65.4 Å². The van der Waals surface area contributed by atoms with Gasteiger partial charge in [-0.3, -0.25) is 14.4 Å². The van der Waals surface area contributed by atoms with Gasteiger partial charge in [-0.2, -0.15) is 0 Å². The lowest BCUT2D eigenvalue weighted by Crippen LogP contribution is -2.67. The zero-order chi connectivity index (χ0) is 23.0. The first-order valence-corrected chi connectivity index (χ1v) is 11.2. The van der Waals surface area contributed by atoms with Gasteiger partial charge in [-0.05, 0) is 49.2 Å². The van der Waals surface area contributed by atoms with Crippen molar-refractivity contribution in [2.24, 2.45) is 27.6 Å². The first kappa shape index (κ1) is 22.3. The van der Waals surface area contributed by atoms with E-state index in [0.29, 0.717) is 25.7 Å². The second-order valence-corrected chi connectivity index (χ2v) is 10.9. The topological polar surface area (TPSA) is 80.7 Å². The molecule has 1 unspecified atom stereocenters. The molecule has 4 aliphatic carbocycles. The highest BCUT2D eigenvalue weighted by Gasteiger charge is 2.77. The molecule has 6 atom stereocenters. The summed E-state index contributed by atoms with van der Waals surface area (Å²) < 4.78 is 5.90. The molecular formula is C26H34O5. The monoisotopic (exact) mass is 426 g/mol. The fraction of sp³-hybridized carbons (Fsp3) is 0.654. The Labute approximate surface area is 184 Å². The van der Waals surface area contributed by atoms with Crippen LogP contribution in [0, 0.1) is 27.6 Å². The summed E-state index contributed by atoms with van der Waals surface area (Å²) in [6.45, 7) is 12.1. The molecule has 1 N–H and O–H groups in total. The summed E-state index contributed by atoms with van der Waals surface area (Å²) in [5.74, 6) is -0.496. The van der Waals surface area contributed by atoms with Crippen LogP contribution < -0.4 is 0 Å². The van der Waals surface area contributed by atoms with Gasteiger partial charge in [0.05, 0.1) is 0 Å². The van der Waals surface area contributed by atoms with E-state index in [2.05, 4.69) is 20.4 Å². The lowest BCUT2D eigenvalue weighted by atomic mass is 9.38. The van der Waals surface area contributed by atoms with Crippen molar-refractivity contribution in [3.63, 3.8) is 0 Å². The third kappa shape index (κ3) is 2.32. The second-order valence-electron chi connectivity index (χ2n) is 10.9. The maximum absolute atomic E-state index is 14.2. The number of aliphatic hydroxyl groups is 1. The largest absolute Gasteiger partial charge is 0.388 e. The predicted molar refractivity (Wildman–Crippen MR) is 117 cm³/mol. The molecule has 0 saturated heterocycles. The van der Waals surface area contributed by atoms with Crippen molar-refractivity contribution in [1.29, 1.82) is 0 Å². The molecule has 0 spiro atoms. The quantitative estimate of drug-likeness (QED) is 0.695. The Balaban J connectivity index is 1.98. The van der Waals surface area contributed by atoms with Gasteiger partial charge in [-0.25, -0.2) is 0 Å². The number of hydrogen-bond donors (Lipinski definition) is 1. The van der Waals surface area contributed by atoms with Gasteiger partial charge in [0, 0.05) is 29.8 Å². The summed E-state index contributed by atoms with van der Waals surface area (Å²) in [6.07, 6.45) is 7.98. The third-order valence-electron chi connectivity index (χ3n) is 10.2. The number of ether oxygens (including phenoxy) is 1. The summed E-state index contributed by atoms with van der Waals surface area (Å²) in [7, 11) is 1.52. The van der Waals surface area contributed by atoms with Crippen LogP contribution in [-0.4, -0.2) is 41.8 Å². The molecule has 168 valence electrons. The van der Waals surface area contributed by atoms with E-state index in [9.17, 15) is 19.5 Å². The van der Waals surface area contributed by atoms with Crippen LogP contribution in [0.5, 0.6) is 0 Å². The molecule has 0 heterocycles. The first-order chi connectivity index (χ1) is 14.4. The molecule has 0 aliphatic heterocycles. The van der Waals surface area contributed by atoms with Gasteiger partial charge in [0.15, 0.2) is 11.6 Å². The molecule has 4 aliphatic rings. The first-order valence-electron chi connectivity index (χ1n) is 11.2. The zero-order valence-corrected chi connectivity index (χ0v) is 19.3. The van der Waals surface area contributed by atoms with Crippen molar-refractivity contribution < 1.29 is 24.2 Å². The van der Waals surface area contributed by atoms with E-state index in [1.165, 1.54) is 7.11 Å². The van der Waals surface area contributed by atoms with Crippen LogP contribution in [0.3, 0.4) is 0 Å². The van der Waals surface area contributed by atoms with E-state index in [1.807, 2.05) is 19.9 Å². The van der Waals surface area contributed by atoms with Gasteiger partial charge < -0.3 is 9.84 Å². The second kappa shape index (κ2) is 6.58. The highest BCUT2D eigenvalue weighted by Crippen LogP contribution is 2.75. The Morgan fingerprint density at radius 3 is 2.48 bits per heavy atom. The van der Waals surface area contributed by atoms with E-state index < -0.39 is 33.9 Å². The van der Waals surface area contributed by atoms with Crippen LogP contribution in [0.4, 0.5) is 0 Å². The average molecular weight is 427 g/mol. The third-order valence-corrected chi connectivity index (χ3v) is 10.2. The standard InChI is InChI=1S/C26H34O5/c1-16-7-8-17-13-18(28)9-10-22(17,2)25(5)19(29)14-24(4)23(3,21(16)25)11-12-26(24,31-6)20(30)15-27/h9-10,13,21,27H,1,7-8,11-12,14-15H2,2-6H3/t21-,22+,23+,24+,25+,26?/m1/s1. The van der Waals surface area contributed by atoms with Gasteiger partial charge >= 0.3 is 0 Å². The lowest BCUT2D eigenvalue weighted by molar-refractivity contribution is -0.194. The van der Waals surface area contributed by atoms with Gasteiger partial charge in [0.1, 0.15) is 18.0 Å². The number of allylic oxidation sites excluding steroid dienone is 5. The molecule has 5 nitrogen and oxygen atoms in total. The highest BCUT2D eigenvalue weighted by molar-refractivity contribution is 6.02. The summed E-state index contributed by atoms with van der Waals surface area (Å²) in [5, 5.41) is 9.77. The maximum atomic E-state index is 14.2. The van der Waals surface area contributed by atoms with Crippen molar-refractivity contribution in [3.8, 4) is 0 Å². The van der Waals surface area contributed by atoms with Crippen molar-refractivity contribution in [1.82, 2.24) is 0 Å². The SMILES string of the molecule is C=C1CCC2=CC(=O)C=C[C@]2(C)[C@@]2(C)C(=O)C[C@]3(C)C(OC)(C(=O)CO)CC[C@@]3(C)[C@@H]12. The van der Waals surface area contributed by atoms with E-state index in [4.69, 9.17) is 4.74 Å². The molecule has 0 radical (unpaired) electrons. The summed E-state index contributed by atoms with van der Waals surface area (Å²) >= 11 is 0. The van der Waals surface area contributed by atoms with Gasteiger partial charge in [0.2, 0.25) is 0 Å². The fourth-order valence-corrected chi connectivity index (χ4v) is 8.03. The van der Waals surface area contributed by atoms with Gasteiger partial charge in [-0.15, -0.1) is 0 Å². The molecule has 0 aromatic heterocycles. The number of ketones is 3. The highest BCUT2D eigenvalue weighted by atomic mass is 16.5. The number of Topliss-reactive ketones (excluding diaryl/α,β-unsaturated/α-hetero) is 2. The van der Waals surface area contributed by atoms with E-state index in [-0.39, 0.29) is 29.7 Å². The summed E-state index contributed by atoms with van der Waals surface area (Å²) in [6, 6.07) is 0. The average Bonchev–Trinajstić information content (AvgIpc) is 2.90. The normalized spacial score (nSPS) is 46.7. The molecular weight excluding hydrogens is 392 g/mol. The minimum atomic E-state index is -1.20. The summed E-state index contributed by atoms with van der Waals surface area (Å²) in [5.41, 5.74) is -1.77. The van der Waals surface area contributed by atoms with Gasteiger partial charge in [-0.1, -0.05) is 51.5 Å². The molecule has 0 aromatic carbocycles. The molecule has 0 aromatic rings. The zero-order valence-electron chi connectivity index (χ0n) is 19.3. The number of carbonyl (C=O) groups is 3. The van der Waals surface area contributed by atoms with E-state index in [0.717, 1.165) is 11.1 Å². The number of rotatable bonds is 3. The minimum absolute atomic E-state index is 0.0349. The van der Waals surface area contributed by atoms with Crippen molar-refractivity contribution >= 4 is 17.3 Å².